The van der Waals surface area contributed by atoms with Crippen LogP contribution in [-0.2, 0) is 4.74 Å². The summed E-state index contributed by atoms with van der Waals surface area (Å²) < 4.78 is 21.3. The van der Waals surface area contributed by atoms with Crippen LogP contribution in [-0.4, -0.2) is 37.6 Å². The summed E-state index contributed by atoms with van der Waals surface area (Å²) in [7, 11) is 3.18. The number of benzene rings is 1. The predicted molar refractivity (Wildman–Crippen MR) is 71.0 cm³/mol. The number of para-hydroxylation sites is 1. The topological polar surface area (TPSA) is 66.6 Å². The zero-order valence-electron chi connectivity index (χ0n) is 11.5. The third-order valence-electron chi connectivity index (χ3n) is 3.37. The number of hydrogen-bond donors (Lipinski definition) is 0. The van der Waals surface area contributed by atoms with Gasteiger partial charge in [0.25, 0.3) is 5.89 Å². The first-order valence-corrected chi connectivity index (χ1v) is 6.46. The van der Waals surface area contributed by atoms with Crippen LogP contribution in [0.2, 0.25) is 0 Å². The second-order valence-corrected chi connectivity index (χ2v) is 4.56. The summed E-state index contributed by atoms with van der Waals surface area (Å²) in [4.78, 5) is 4.45. The molecule has 1 aromatic carbocycles. The second-order valence-electron chi connectivity index (χ2n) is 4.56. The molecule has 20 heavy (non-hydrogen) atoms. The van der Waals surface area contributed by atoms with Crippen molar-refractivity contribution in [2.45, 2.75) is 12.3 Å². The minimum atomic E-state index is 0.212. The number of rotatable bonds is 4. The van der Waals surface area contributed by atoms with Crippen LogP contribution in [0.4, 0.5) is 0 Å². The first kappa shape index (κ1) is 12.9. The summed E-state index contributed by atoms with van der Waals surface area (Å²) in [5.74, 6) is 2.55. The summed E-state index contributed by atoms with van der Waals surface area (Å²) in [6.45, 7) is 1.39. The molecule has 1 aliphatic rings. The molecule has 0 spiro atoms. The summed E-state index contributed by atoms with van der Waals surface area (Å²) in [5, 5.41) is 4.04. The minimum Gasteiger partial charge on any atom is -0.493 e. The molecule has 2 heterocycles. The highest BCUT2D eigenvalue weighted by Crippen LogP contribution is 2.37. The lowest BCUT2D eigenvalue weighted by Crippen LogP contribution is -1.99. The van der Waals surface area contributed by atoms with E-state index in [0.717, 1.165) is 18.6 Å². The number of ether oxygens (including phenoxy) is 3. The Morgan fingerprint density at radius 2 is 2.15 bits per heavy atom. The first-order valence-electron chi connectivity index (χ1n) is 6.46. The smallest absolute Gasteiger partial charge is 0.261 e. The molecular weight excluding hydrogens is 260 g/mol. The highest BCUT2D eigenvalue weighted by atomic mass is 16.5. The molecule has 0 unspecified atom stereocenters. The van der Waals surface area contributed by atoms with Gasteiger partial charge < -0.3 is 18.7 Å². The fourth-order valence-corrected chi connectivity index (χ4v) is 2.30. The van der Waals surface area contributed by atoms with Crippen molar-refractivity contribution in [2.24, 2.45) is 0 Å². The average molecular weight is 276 g/mol. The average Bonchev–Trinajstić information content (AvgIpc) is 3.16. The van der Waals surface area contributed by atoms with Crippen LogP contribution in [0.1, 0.15) is 18.2 Å². The van der Waals surface area contributed by atoms with Crippen molar-refractivity contribution >= 4 is 0 Å². The quantitative estimate of drug-likeness (QED) is 0.853. The number of methoxy groups -OCH3 is 2. The van der Waals surface area contributed by atoms with Crippen LogP contribution in [0.3, 0.4) is 0 Å². The summed E-state index contributed by atoms with van der Waals surface area (Å²) >= 11 is 0. The third kappa shape index (κ3) is 2.22. The molecule has 6 heteroatoms. The molecule has 2 aromatic rings. The second kappa shape index (κ2) is 5.50. The van der Waals surface area contributed by atoms with Gasteiger partial charge in [-0.25, -0.2) is 0 Å². The highest BCUT2D eigenvalue weighted by molar-refractivity contribution is 5.67. The van der Waals surface area contributed by atoms with Crippen molar-refractivity contribution in [3.8, 4) is 23.0 Å². The molecule has 1 aromatic heterocycles. The van der Waals surface area contributed by atoms with Gasteiger partial charge in [0.15, 0.2) is 17.3 Å². The maximum Gasteiger partial charge on any atom is 0.261 e. The van der Waals surface area contributed by atoms with Crippen LogP contribution in [0, 0.1) is 0 Å². The number of hydrogen-bond acceptors (Lipinski definition) is 6. The largest absolute Gasteiger partial charge is 0.493 e. The first-order chi connectivity index (χ1) is 9.83. The third-order valence-corrected chi connectivity index (χ3v) is 3.37. The van der Waals surface area contributed by atoms with Crippen LogP contribution in [0.25, 0.3) is 11.5 Å². The molecule has 1 atom stereocenters. The van der Waals surface area contributed by atoms with E-state index < -0.39 is 0 Å². The van der Waals surface area contributed by atoms with Gasteiger partial charge in [0.1, 0.15) is 0 Å². The van der Waals surface area contributed by atoms with Gasteiger partial charge >= 0.3 is 0 Å². The Kier molecular flexibility index (Phi) is 3.56. The van der Waals surface area contributed by atoms with E-state index in [9.17, 15) is 0 Å². The summed E-state index contributed by atoms with van der Waals surface area (Å²) in [5.41, 5.74) is 0.726. The Hall–Kier alpha value is -2.08. The number of nitrogens with zero attached hydrogens (tertiary/aromatic N) is 2. The van der Waals surface area contributed by atoms with E-state index in [1.54, 1.807) is 14.2 Å². The summed E-state index contributed by atoms with van der Waals surface area (Å²) in [6.07, 6.45) is 0.925. The van der Waals surface area contributed by atoms with Gasteiger partial charge in [-0.15, -0.1) is 0 Å². The van der Waals surface area contributed by atoms with Crippen LogP contribution < -0.4 is 9.47 Å². The molecule has 0 amide bonds. The van der Waals surface area contributed by atoms with Crippen molar-refractivity contribution in [3.63, 3.8) is 0 Å². The SMILES string of the molecule is COc1cccc(-c2nc([C@@H]3CCOC3)no2)c1OC. The van der Waals surface area contributed by atoms with E-state index in [0.29, 0.717) is 29.8 Å². The lowest BCUT2D eigenvalue weighted by molar-refractivity contribution is 0.192. The van der Waals surface area contributed by atoms with Gasteiger partial charge in [-0.3, -0.25) is 0 Å². The van der Waals surface area contributed by atoms with Crippen molar-refractivity contribution in [3.05, 3.63) is 24.0 Å². The molecular formula is C14H16N2O4. The van der Waals surface area contributed by atoms with Crippen LogP contribution in [0.15, 0.2) is 22.7 Å². The van der Waals surface area contributed by atoms with Crippen LogP contribution >= 0.6 is 0 Å². The van der Waals surface area contributed by atoms with E-state index in [1.807, 2.05) is 18.2 Å². The highest BCUT2D eigenvalue weighted by Gasteiger charge is 2.24. The molecule has 3 rings (SSSR count). The molecule has 0 radical (unpaired) electrons. The normalized spacial score (nSPS) is 18.2. The molecule has 1 aliphatic heterocycles. The van der Waals surface area contributed by atoms with Gasteiger partial charge in [-0.05, 0) is 18.6 Å². The van der Waals surface area contributed by atoms with Crippen molar-refractivity contribution < 1.29 is 18.7 Å². The Balaban J connectivity index is 1.96. The number of aromatic nitrogens is 2. The molecule has 1 saturated heterocycles. The minimum absolute atomic E-state index is 0.212. The zero-order valence-corrected chi connectivity index (χ0v) is 11.5. The van der Waals surface area contributed by atoms with Gasteiger partial charge in [0.05, 0.1) is 26.4 Å². The standard InChI is InChI=1S/C14H16N2O4/c1-17-11-5-3-4-10(12(11)18-2)14-15-13(16-20-14)9-6-7-19-8-9/h3-5,9H,6-8H2,1-2H3/t9-/m1/s1. The maximum absolute atomic E-state index is 5.38. The maximum atomic E-state index is 5.38. The predicted octanol–water partition coefficient (Wildman–Crippen LogP) is 2.26. The van der Waals surface area contributed by atoms with Crippen LogP contribution in [0.5, 0.6) is 11.5 Å². The molecule has 6 nitrogen and oxygen atoms in total. The van der Waals surface area contributed by atoms with Gasteiger partial charge in [-0.1, -0.05) is 11.2 Å². The summed E-state index contributed by atoms with van der Waals surface area (Å²) in [6, 6.07) is 5.55. The molecule has 106 valence electrons. The van der Waals surface area contributed by atoms with E-state index in [4.69, 9.17) is 18.7 Å². The monoisotopic (exact) mass is 276 g/mol. The van der Waals surface area contributed by atoms with Gasteiger partial charge in [0.2, 0.25) is 0 Å². The molecule has 0 aliphatic carbocycles. The van der Waals surface area contributed by atoms with Gasteiger partial charge in [0, 0.05) is 12.5 Å². The molecule has 1 fully saturated rings. The molecule has 0 N–H and O–H groups in total. The van der Waals surface area contributed by atoms with E-state index in [2.05, 4.69) is 10.1 Å². The van der Waals surface area contributed by atoms with Crippen molar-refractivity contribution in [1.29, 1.82) is 0 Å². The zero-order chi connectivity index (χ0) is 13.9. The fraction of sp³-hybridized carbons (Fsp3) is 0.429. The Morgan fingerprint density at radius 3 is 2.85 bits per heavy atom. The Morgan fingerprint density at radius 1 is 1.25 bits per heavy atom. The molecule has 0 bridgehead atoms. The Labute approximate surface area is 116 Å². The Bertz CT molecular complexity index is 591. The molecule has 0 saturated carbocycles. The van der Waals surface area contributed by atoms with E-state index >= 15 is 0 Å². The van der Waals surface area contributed by atoms with E-state index in [-0.39, 0.29) is 5.92 Å². The lowest BCUT2D eigenvalue weighted by atomic mass is 10.1. The lowest BCUT2D eigenvalue weighted by Gasteiger charge is -2.09. The van der Waals surface area contributed by atoms with E-state index in [1.165, 1.54) is 0 Å². The van der Waals surface area contributed by atoms with Crippen molar-refractivity contribution in [2.75, 3.05) is 27.4 Å². The van der Waals surface area contributed by atoms with Crippen molar-refractivity contribution in [1.82, 2.24) is 10.1 Å². The van der Waals surface area contributed by atoms with Gasteiger partial charge in [-0.2, -0.15) is 4.98 Å². The fourth-order valence-electron chi connectivity index (χ4n) is 2.30.